The van der Waals surface area contributed by atoms with Crippen molar-refractivity contribution in [2.45, 2.75) is 0 Å². The average molecular weight is 354 g/mol. The number of hydrogen-bond acceptors (Lipinski definition) is 5. The lowest BCUT2D eigenvalue weighted by molar-refractivity contribution is -0.118. The molecule has 134 valence electrons. The topological polar surface area (TPSA) is 85.9 Å². The largest absolute Gasteiger partial charge is 0.497 e. The standard InChI is InChI=1S/C19H18N2O5/c1-24-14-5-7-16(25-2)12(9-14)3-8-18(22)20-13-4-6-15-17(10-13)26-11-19(23)21-15/h3-10H,11H2,1-2H3,(H,20,22)(H,21,23)/b8-3+. The number of methoxy groups -OCH3 is 2. The third-order valence-corrected chi connectivity index (χ3v) is 3.73. The summed E-state index contributed by atoms with van der Waals surface area (Å²) in [6.45, 7) is -0.0417. The Morgan fingerprint density at radius 3 is 2.81 bits per heavy atom. The van der Waals surface area contributed by atoms with Crippen LogP contribution in [0.25, 0.3) is 6.08 Å². The van der Waals surface area contributed by atoms with Gasteiger partial charge in [-0.3, -0.25) is 9.59 Å². The van der Waals surface area contributed by atoms with E-state index in [0.29, 0.717) is 28.6 Å². The number of benzene rings is 2. The fourth-order valence-corrected chi connectivity index (χ4v) is 2.47. The highest BCUT2D eigenvalue weighted by atomic mass is 16.5. The molecular weight excluding hydrogens is 336 g/mol. The van der Waals surface area contributed by atoms with E-state index < -0.39 is 0 Å². The number of fused-ring (bicyclic) bond motifs is 1. The van der Waals surface area contributed by atoms with Gasteiger partial charge in [-0.05, 0) is 36.4 Å². The quantitative estimate of drug-likeness (QED) is 0.807. The number of rotatable bonds is 5. The number of nitrogens with one attached hydrogen (secondary N) is 2. The van der Waals surface area contributed by atoms with E-state index >= 15 is 0 Å². The SMILES string of the molecule is COc1ccc(OC)c(/C=C/C(=O)Nc2ccc3c(c2)OCC(=O)N3)c1. The van der Waals surface area contributed by atoms with E-state index in [9.17, 15) is 9.59 Å². The molecule has 3 rings (SSSR count). The fraction of sp³-hybridized carbons (Fsp3) is 0.158. The lowest BCUT2D eigenvalue weighted by atomic mass is 10.1. The minimum absolute atomic E-state index is 0.0417. The van der Waals surface area contributed by atoms with Crippen LogP contribution in [0.2, 0.25) is 0 Å². The molecule has 2 aromatic rings. The van der Waals surface area contributed by atoms with Gasteiger partial charge in [0, 0.05) is 23.4 Å². The molecule has 0 saturated carbocycles. The Labute approximate surface area is 150 Å². The van der Waals surface area contributed by atoms with Crippen LogP contribution in [0.3, 0.4) is 0 Å². The van der Waals surface area contributed by atoms with E-state index in [2.05, 4.69) is 10.6 Å². The second kappa shape index (κ2) is 7.60. The summed E-state index contributed by atoms with van der Waals surface area (Å²) in [5.41, 5.74) is 1.86. The van der Waals surface area contributed by atoms with Gasteiger partial charge >= 0.3 is 0 Å². The van der Waals surface area contributed by atoms with E-state index in [1.54, 1.807) is 56.7 Å². The normalized spacial score (nSPS) is 12.8. The number of carbonyl (C=O) groups is 2. The Morgan fingerprint density at radius 2 is 2.04 bits per heavy atom. The Bertz CT molecular complexity index is 876. The summed E-state index contributed by atoms with van der Waals surface area (Å²) in [7, 11) is 3.13. The first kappa shape index (κ1) is 17.3. The summed E-state index contributed by atoms with van der Waals surface area (Å²) in [6, 6.07) is 10.3. The lowest BCUT2D eigenvalue weighted by Crippen LogP contribution is -2.25. The van der Waals surface area contributed by atoms with Crippen LogP contribution in [0.15, 0.2) is 42.5 Å². The minimum Gasteiger partial charge on any atom is -0.497 e. The zero-order chi connectivity index (χ0) is 18.5. The third-order valence-electron chi connectivity index (χ3n) is 3.73. The van der Waals surface area contributed by atoms with Crippen LogP contribution >= 0.6 is 0 Å². The van der Waals surface area contributed by atoms with E-state index in [0.717, 1.165) is 5.56 Å². The van der Waals surface area contributed by atoms with Crippen LogP contribution in [0.4, 0.5) is 11.4 Å². The van der Waals surface area contributed by atoms with Gasteiger partial charge < -0.3 is 24.8 Å². The summed E-state index contributed by atoms with van der Waals surface area (Å²) >= 11 is 0. The summed E-state index contributed by atoms with van der Waals surface area (Å²) < 4.78 is 15.8. The Hall–Kier alpha value is -3.48. The molecular formula is C19H18N2O5. The van der Waals surface area contributed by atoms with Gasteiger partial charge in [-0.1, -0.05) is 0 Å². The van der Waals surface area contributed by atoms with Gasteiger partial charge in [-0.15, -0.1) is 0 Å². The van der Waals surface area contributed by atoms with Gasteiger partial charge in [0.2, 0.25) is 5.91 Å². The van der Waals surface area contributed by atoms with Gasteiger partial charge in [0.1, 0.15) is 17.2 Å². The maximum Gasteiger partial charge on any atom is 0.262 e. The first-order valence-corrected chi connectivity index (χ1v) is 7.87. The maximum atomic E-state index is 12.2. The summed E-state index contributed by atoms with van der Waals surface area (Å²) in [4.78, 5) is 23.5. The van der Waals surface area contributed by atoms with Crippen LogP contribution < -0.4 is 24.8 Å². The second-order valence-electron chi connectivity index (χ2n) is 5.48. The Kier molecular flexibility index (Phi) is 5.07. The van der Waals surface area contributed by atoms with Crippen LogP contribution in [-0.2, 0) is 9.59 Å². The minimum atomic E-state index is -0.310. The van der Waals surface area contributed by atoms with Crippen LogP contribution in [0.1, 0.15) is 5.56 Å². The molecule has 1 heterocycles. The first-order chi connectivity index (χ1) is 12.6. The smallest absolute Gasteiger partial charge is 0.262 e. The molecule has 0 saturated heterocycles. The molecule has 1 aliphatic heterocycles. The van der Waals surface area contributed by atoms with Crippen molar-refractivity contribution >= 4 is 29.3 Å². The molecule has 2 N–H and O–H groups in total. The van der Waals surface area contributed by atoms with Gasteiger partial charge in [0.15, 0.2) is 6.61 Å². The van der Waals surface area contributed by atoms with E-state index in [1.165, 1.54) is 6.08 Å². The molecule has 1 aliphatic rings. The highest BCUT2D eigenvalue weighted by Gasteiger charge is 2.16. The average Bonchev–Trinajstić information content (AvgIpc) is 2.66. The zero-order valence-corrected chi connectivity index (χ0v) is 14.4. The second-order valence-corrected chi connectivity index (χ2v) is 5.48. The van der Waals surface area contributed by atoms with Crippen molar-refractivity contribution in [2.24, 2.45) is 0 Å². The molecule has 0 spiro atoms. The molecule has 2 amide bonds. The van der Waals surface area contributed by atoms with Gasteiger partial charge in [0.25, 0.3) is 5.91 Å². The van der Waals surface area contributed by atoms with Crippen molar-refractivity contribution in [2.75, 3.05) is 31.5 Å². The van der Waals surface area contributed by atoms with Crippen molar-refractivity contribution in [3.8, 4) is 17.2 Å². The predicted molar refractivity (Wildman–Crippen MR) is 97.8 cm³/mol. The molecule has 0 atom stereocenters. The molecule has 0 aromatic heterocycles. The molecule has 0 unspecified atom stereocenters. The van der Waals surface area contributed by atoms with Gasteiger partial charge in [-0.25, -0.2) is 0 Å². The fourth-order valence-electron chi connectivity index (χ4n) is 2.47. The Morgan fingerprint density at radius 1 is 1.19 bits per heavy atom. The summed E-state index contributed by atoms with van der Waals surface area (Å²) in [5, 5.41) is 5.44. The first-order valence-electron chi connectivity index (χ1n) is 7.87. The van der Waals surface area contributed by atoms with Crippen LogP contribution in [0.5, 0.6) is 17.2 Å². The maximum absolute atomic E-state index is 12.2. The molecule has 7 nitrogen and oxygen atoms in total. The van der Waals surface area contributed by atoms with E-state index in [-0.39, 0.29) is 18.4 Å². The molecule has 2 aromatic carbocycles. The lowest BCUT2D eigenvalue weighted by Gasteiger charge is -2.18. The van der Waals surface area contributed by atoms with Crippen LogP contribution in [-0.4, -0.2) is 32.6 Å². The monoisotopic (exact) mass is 354 g/mol. The molecule has 26 heavy (non-hydrogen) atoms. The Balaban J connectivity index is 1.71. The van der Waals surface area contributed by atoms with Crippen molar-refractivity contribution in [1.29, 1.82) is 0 Å². The number of carbonyl (C=O) groups excluding carboxylic acids is 2. The van der Waals surface area contributed by atoms with Gasteiger partial charge in [0.05, 0.1) is 19.9 Å². The number of ether oxygens (including phenoxy) is 3. The highest BCUT2D eigenvalue weighted by molar-refractivity contribution is 6.03. The highest BCUT2D eigenvalue weighted by Crippen LogP contribution is 2.30. The molecule has 0 fully saturated rings. The van der Waals surface area contributed by atoms with Crippen LogP contribution in [0, 0.1) is 0 Å². The van der Waals surface area contributed by atoms with Gasteiger partial charge in [-0.2, -0.15) is 0 Å². The summed E-state index contributed by atoms with van der Waals surface area (Å²) in [5.74, 6) is 1.30. The van der Waals surface area contributed by atoms with Crippen molar-refractivity contribution in [3.05, 3.63) is 48.0 Å². The zero-order valence-electron chi connectivity index (χ0n) is 14.4. The third kappa shape index (κ3) is 3.94. The van der Waals surface area contributed by atoms with Crippen molar-refractivity contribution in [1.82, 2.24) is 0 Å². The predicted octanol–water partition coefficient (Wildman–Crippen LogP) is 2.69. The van der Waals surface area contributed by atoms with Crippen molar-refractivity contribution in [3.63, 3.8) is 0 Å². The number of hydrogen-bond donors (Lipinski definition) is 2. The molecule has 7 heteroatoms. The molecule has 0 radical (unpaired) electrons. The number of anilines is 2. The van der Waals surface area contributed by atoms with E-state index in [4.69, 9.17) is 14.2 Å². The molecule has 0 bridgehead atoms. The summed E-state index contributed by atoms with van der Waals surface area (Å²) in [6.07, 6.45) is 3.05. The molecule has 0 aliphatic carbocycles. The number of amides is 2. The van der Waals surface area contributed by atoms with Crippen molar-refractivity contribution < 1.29 is 23.8 Å². The van der Waals surface area contributed by atoms with E-state index in [1.807, 2.05) is 0 Å².